The Hall–Kier alpha value is -1.69. The quantitative estimate of drug-likeness (QED) is 0.497. The molecule has 0 unspecified atom stereocenters. The molecule has 2 bridgehead atoms. The minimum absolute atomic E-state index is 0.0765. The summed E-state index contributed by atoms with van der Waals surface area (Å²) in [6.07, 6.45) is 7.00. The molecule has 0 spiro atoms. The third-order valence-corrected chi connectivity index (χ3v) is 13.3. The maximum absolute atomic E-state index is 14.4. The lowest BCUT2D eigenvalue weighted by atomic mass is 9.33. The zero-order chi connectivity index (χ0) is 27.0. The molecule has 0 aromatic heterocycles. The summed E-state index contributed by atoms with van der Waals surface area (Å²) in [5.74, 6) is -0.442. The molecule has 1 heterocycles. The summed E-state index contributed by atoms with van der Waals surface area (Å²) in [4.78, 5) is 41.4. The van der Waals surface area contributed by atoms with E-state index in [9.17, 15) is 19.5 Å². The van der Waals surface area contributed by atoms with Gasteiger partial charge in [0.15, 0.2) is 5.78 Å². The molecule has 37 heavy (non-hydrogen) atoms. The van der Waals surface area contributed by atoms with Crippen LogP contribution in [0.25, 0.3) is 0 Å². The molecule has 6 heteroatoms. The maximum Gasteiger partial charge on any atom is 0.316 e. The number of carbonyl (C=O) groups excluding carboxylic acids is 3. The summed E-state index contributed by atoms with van der Waals surface area (Å²) in [5, 5.41) is 10.9. The number of esters is 2. The number of carbonyl (C=O) groups is 3. The number of hydrogen-bond donors (Lipinski definition) is 1. The second-order valence-electron chi connectivity index (χ2n) is 15.1. The normalized spacial score (nSPS) is 53.6. The van der Waals surface area contributed by atoms with Gasteiger partial charge in [-0.05, 0) is 91.6 Å². The molecule has 6 rings (SSSR count). The van der Waals surface area contributed by atoms with E-state index in [0.717, 1.165) is 31.3 Å². The summed E-state index contributed by atoms with van der Waals surface area (Å²) in [6, 6.07) is 0. The predicted molar refractivity (Wildman–Crippen MR) is 137 cm³/mol. The third-order valence-electron chi connectivity index (χ3n) is 13.3. The molecule has 5 aliphatic carbocycles. The highest BCUT2D eigenvalue weighted by Gasteiger charge is 2.75. The Bertz CT molecular complexity index is 1120. The first-order valence-corrected chi connectivity index (χ1v) is 14.4. The van der Waals surface area contributed by atoms with Crippen LogP contribution in [0.4, 0.5) is 0 Å². The van der Waals surface area contributed by atoms with Crippen molar-refractivity contribution in [1.29, 1.82) is 0 Å². The first kappa shape index (κ1) is 25.6. The van der Waals surface area contributed by atoms with Crippen molar-refractivity contribution < 1.29 is 29.0 Å². The van der Waals surface area contributed by atoms with Crippen molar-refractivity contribution >= 4 is 17.7 Å². The van der Waals surface area contributed by atoms with Crippen LogP contribution in [0.5, 0.6) is 0 Å². The van der Waals surface area contributed by atoms with E-state index < -0.39 is 16.2 Å². The lowest BCUT2D eigenvalue weighted by Crippen LogP contribution is -2.69. The minimum Gasteiger partial charge on any atom is -0.468 e. The van der Waals surface area contributed by atoms with E-state index in [-0.39, 0.29) is 63.9 Å². The van der Waals surface area contributed by atoms with E-state index in [4.69, 9.17) is 9.47 Å². The zero-order valence-electron chi connectivity index (χ0n) is 23.6. The highest BCUT2D eigenvalue weighted by Crippen LogP contribution is 2.76. The minimum atomic E-state index is -0.894. The van der Waals surface area contributed by atoms with Crippen molar-refractivity contribution in [2.45, 2.75) is 105 Å². The van der Waals surface area contributed by atoms with Crippen LogP contribution in [0.3, 0.4) is 0 Å². The van der Waals surface area contributed by atoms with Gasteiger partial charge in [0.25, 0.3) is 0 Å². The van der Waals surface area contributed by atoms with Crippen molar-refractivity contribution in [3.05, 3.63) is 11.6 Å². The number of methoxy groups -OCH3 is 1. The Kier molecular flexibility index (Phi) is 5.03. The van der Waals surface area contributed by atoms with Crippen molar-refractivity contribution in [1.82, 2.24) is 0 Å². The third kappa shape index (κ3) is 2.74. The highest BCUT2D eigenvalue weighted by atomic mass is 16.6. The Morgan fingerprint density at radius 2 is 1.68 bits per heavy atom. The van der Waals surface area contributed by atoms with E-state index in [1.807, 2.05) is 13.0 Å². The van der Waals surface area contributed by atoms with Crippen LogP contribution in [0.15, 0.2) is 11.6 Å². The molecular weight excluding hydrogens is 468 g/mol. The number of fused-ring (bicyclic) bond motifs is 10. The van der Waals surface area contributed by atoms with E-state index in [0.29, 0.717) is 25.7 Å². The molecule has 0 amide bonds. The Morgan fingerprint density at radius 1 is 0.973 bits per heavy atom. The fraction of sp³-hybridized carbons (Fsp3) is 0.839. The van der Waals surface area contributed by atoms with Crippen LogP contribution in [-0.2, 0) is 23.9 Å². The van der Waals surface area contributed by atoms with Crippen molar-refractivity contribution in [3.63, 3.8) is 0 Å². The highest BCUT2D eigenvalue weighted by molar-refractivity contribution is 5.99. The number of aliphatic hydroxyl groups is 1. The fourth-order valence-electron chi connectivity index (χ4n) is 11.2. The molecule has 0 aromatic rings. The van der Waals surface area contributed by atoms with Gasteiger partial charge in [0.1, 0.15) is 6.10 Å². The molecule has 0 aromatic carbocycles. The predicted octanol–water partition coefficient (Wildman–Crippen LogP) is 5.02. The summed E-state index contributed by atoms with van der Waals surface area (Å²) < 4.78 is 11.6. The van der Waals surface area contributed by atoms with Gasteiger partial charge in [-0.3, -0.25) is 14.4 Å². The Labute approximate surface area is 220 Å². The molecular formula is C31H44O6. The van der Waals surface area contributed by atoms with E-state index in [2.05, 4.69) is 34.6 Å². The molecule has 0 radical (unpaired) electrons. The Balaban J connectivity index is 1.55. The molecule has 6 aliphatic rings. The van der Waals surface area contributed by atoms with Gasteiger partial charge in [0, 0.05) is 17.8 Å². The van der Waals surface area contributed by atoms with Crippen molar-refractivity contribution in [2.75, 3.05) is 7.11 Å². The Morgan fingerprint density at radius 3 is 2.35 bits per heavy atom. The molecule has 5 fully saturated rings. The van der Waals surface area contributed by atoms with Crippen LogP contribution in [-0.4, -0.2) is 42.1 Å². The number of rotatable bonds is 1. The second-order valence-corrected chi connectivity index (χ2v) is 15.1. The lowest BCUT2D eigenvalue weighted by Gasteiger charge is -2.69. The number of ketones is 1. The molecule has 10 atom stereocenters. The van der Waals surface area contributed by atoms with Gasteiger partial charge < -0.3 is 14.6 Å². The van der Waals surface area contributed by atoms with E-state index in [1.54, 1.807) is 0 Å². The van der Waals surface area contributed by atoms with Crippen molar-refractivity contribution in [3.8, 4) is 0 Å². The number of hydrogen-bond acceptors (Lipinski definition) is 6. The van der Waals surface area contributed by atoms with Crippen LogP contribution in [0.2, 0.25) is 0 Å². The van der Waals surface area contributed by atoms with Gasteiger partial charge in [-0.1, -0.05) is 34.6 Å². The first-order chi connectivity index (χ1) is 17.1. The molecule has 6 nitrogen and oxygen atoms in total. The molecule has 204 valence electrons. The van der Waals surface area contributed by atoms with Crippen LogP contribution in [0, 0.1) is 50.2 Å². The van der Waals surface area contributed by atoms with Crippen LogP contribution >= 0.6 is 0 Å². The number of ether oxygens (including phenoxy) is 2. The number of aliphatic hydroxyl groups excluding tert-OH is 1. The first-order valence-electron chi connectivity index (χ1n) is 14.4. The fourth-order valence-corrected chi connectivity index (χ4v) is 11.2. The monoisotopic (exact) mass is 512 g/mol. The summed E-state index contributed by atoms with van der Waals surface area (Å²) in [5.41, 5.74) is -2.06. The average Bonchev–Trinajstić information content (AvgIpc) is 3.08. The summed E-state index contributed by atoms with van der Waals surface area (Å²) >= 11 is 0. The van der Waals surface area contributed by atoms with Crippen LogP contribution in [0.1, 0.15) is 92.9 Å². The topological polar surface area (TPSA) is 89.9 Å². The molecule has 4 saturated carbocycles. The number of allylic oxidation sites excluding steroid dienone is 1. The zero-order valence-corrected chi connectivity index (χ0v) is 23.6. The molecule has 1 N–H and O–H groups in total. The van der Waals surface area contributed by atoms with Crippen molar-refractivity contribution in [2.24, 2.45) is 50.2 Å². The van der Waals surface area contributed by atoms with Gasteiger partial charge in [-0.15, -0.1) is 0 Å². The van der Waals surface area contributed by atoms with Gasteiger partial charge >= 0.3 is 11.9 Å². The van der Waals surface area contributed by atoms with Gasteiger partial charge in [0.05, 0.1) is 24.0 Å². The molecule has 1 saturated heterocycles. The summed E-state index contributed by atoms with van der Waals surface area (Å²) in [7, 11) is 1.48. The summed E-state index contributed by atoms with van der Waals surface area (Å²) in [6.45, 7) is 12.9. The van der Waals surface area contributed by atoms with Gasteiger partial charge in [0.2, 0.25) is 0 Å². The standard InChI is InChI=1S/C31H44O6/c1-26(2)20-8-11-30(6)23(29(20,5)10-9-21(26)33)19(32)14-17-18-15-27(3)16-22(37-24(27)34)28(18,4)12-13-31(17,30)25(35)36-7/h14,18,20-23,33H,8-13,15-16H2,1-7H3/t18-,20-,21-,22-,23-,27-,28+,29-,30+,31+/m0/s1. The van der Waals surface area contributed by atoms with E-state index in [1.165, 1.54) is 7.11 Å². The molecule has 1 aliphatic heterocycles. The SMILES string of the molecule is COC(=O)[C@@]12CC[C@@]3(C)[C@@H]4C[C@](C)(C[C@H]3C1=CC(=O)[C@H]1[C@@]3(C)CC[C@H](O)C(C)(C)[C@@H]3CC[C@]12C)C(=O)O4. The van der Waals surface area contributed by atoms with Gasteiger partial charge in [-0.2, -0.15) is 0 Å². The average molecular weight is 513 g/mol. The van der Waals surface area contributed by atoms with Gasteiger partial charge in [-0.25, -0.2) is 0 Å². The van der Waals surface area contributed by atoms with E-state index >= 15 is 0 Å². The van der Waals surface area contributed by atoms with Crippen LogP contribution < -0.4 is 0 Å². The largest absolute Gasteiger partial charge is 0.468 e. The second kappa shape index (κ2) is 7.28. The lowest BCUT2D eigenvalue weighted by molar-refractivity contribution is -0.214. The maximum atomic E-state index is 14.4. The smallest absolute Gasteiger partial charge is 0.316 e.